The minimum atomic E-state index is -0.614. The molecular formula is C11H20N2O4. The van der Waals surface area contributed by atoms with Crippen molar-refractivity contribution in [2.45, 2.75) is 38.9 Å². The number of likely N-dealkylation sites (tertiary alicyclic amines) is 1. The summed E-state index contributed by atoms with van der Waals surface area (Å²) < 4.78 is 10.3. The first-order valence-corrected chi connectivity index (χ1v) is 5.54. The second kappa shape index (κ2) is 4.43. The molecule has 2 amide bonds. The SMILES string of the molecule is CNC(=O)OC1(C)CN(C(=O)OC(C)(C)C)C1. The van der Waals surface area contributed by atoms with E-state index in [1.807, 2.05) is 20.8 Å². The molecule has 1 heterocycles. The first-order valence-electron chi connectivity index (χ1n) is 5.54. The van der Waals surface area contributed by atoms with Crippen LogP contribution in [0.2, 0.25) is 0 Å². The van der Waals surface area contributed by atoms with Crippen LogP contribution in [0.15, 0.2) is 0 Å². The molecule has 0 spiro atoms. The molecule has 0 atom stereocenters. The van der Waals surface area contributed by atoms with Crippen LogP contribution in [0.4, 0.5) is 9.59 Å². The number of amides is 2. The third-order valence-electron chi connectivity index (χ3n) is 2.25. The molecule has 1 fully saturated rings. The van der Waals surface area contributed by atoms with Gasteiger partial charge in [0, 0.05) is 7.05 Å². The number of carbonyl (C=O) groups excluding carboxylic acids is 2. The maximum atomic E-state index is 11.6. The van der Waals surface area contributed by atoms with Gasteiger partial charge in [0.2, 0.25) is 0 Å². The zero-order valence-electron chi connectivity index (χ0n) is 11.0. The van der Waals surface area contributed by atoms with Crippen molar-refractivity contribution in [1.82, 2.24) is 10.2 Å². The number of nitrogens with zero attached hydrogens (tertiary/aromatic N) is 1. The highest BCUT2D eigenvalue weighted by atomic mass is 16.6. The van der Waals surface area contributed by atoms with E-state index in [0.29, 0.717) is 13.1 Å². The van der Waals surface area contributed by atoms with Crippen LogP contribution in [0.25, 0.3) is 0 Å². The Kier molecular flexibility index (Phi) is 3.54. The third-order valence-corrected chi connectivity index (χ3v) is 2.25. The molecule has 6 heteroatoms. The number of hydrogen-bond acceptors (Lipinski definition) is 4. The molecule has 6 nitrogen and oxygen atoms in total. The molecule has 0 aromatic carbocycles. The van der Waals surface area contributed by atoms with Crippen LogP contribution < -0.4 is 5.32 Å². The molecule has 1 saturated heterocycles. The minimum absolute atomic E-state index is 0.356. The fourth-order valence-electron chi connectivity index (χ4n) is 1.56. The van der Waals surface area contributed by atoms with Gasteiger partial charge in [-0.25, -0.2) is 9.59 Å². The molecule has 0 aliphatic carbocycles. The van der Waals surface area contributed by atoms with E-state index < -0.39 is 17.3 Å². The van der Waals surface area contributed by atoms with Gasteiger partial charge in [0.1, 0.15) is 11.2 Å². The molecule has 1 N–H and O–H groups in total. The van der Waals surface area contributed by atoms with Crippen LogP contribution in [-0.2, 0) is 9.47 Å². The average Bonchev–Trinajstić information content (AvgIpc) is 2.10. The predicted molar refractivity (Wildman–Crippen MR) is 61.8 cm³/mol. The lowest BCUT2D eigenvalue weighted by Gasteiger charge is -2.46. The van der Waals surface area contributed by atoms with Crippen LogP contribution in [0, 0.1) is 0 Å². The van der Waals surface area contributed by atoms with E-state index >= 15 is 0 Å². The molecule has 0 saturated carbocycles. The Balaban J connectivity index is 2.40. The lowest BCUT2D eigenvalue weighted by molar-refractivity contribution is -0.0914. The van der Waals surface area contributed by atoms with Crippen LogP contribution in [0.1, 0.15) is 27.7 Å². The zero-order chi connectivity index (χ0) is 13.3. The summed E-state index contributed by atoms with van der Waals surface area (Å²) in [7, 11) is 1.50. The monoisotopic (exact) mass is 244 g/mol. The number of ether oxygens (including phenoxy) is 2. The van der Waals surface area contributed by atoms with Gasteiger partial charge >= 0.3 is 12.2 Å². The van der Waals surface area contributed by atoms with Crippen LogP contribution in [0.3, 0.4) is 0 Å². The standard InChI is InChI=1S/C11H20N2O4/c1-10(2,3)17-9(15)13-6-11(4,7-13)16-8(14)12-5/h6-7H2,1-5H3,(H,12,14). The highest BCUT2D eigenvalue weighted by Crippen LogP contribution is 2.26. The first-order chi connectivity index (χ1) is 7.65. The Labute approximate surface area is 101 Å². The summed E-state index contributed by atoms with van der Waals surface area (Å²) in [5, 5.41) is 2.38. The number of rotatable bonds is 1. The molecule has 0 unspecified atom stereocenters. The van der Waals surface area contributed by atoms with Crippen molar-refractivity contribution in [3.63, 3.8) is 0 Å². The fourth-order valence-corrected chi connectivity index (χ4v) is 1.56. The molecule has 0 aromatic heterocycles. The quantitative estimate of drug-likeness (QED) is 0.756. The fraction of sp³-hybridized carbons (Fsp3) is 0.818. The molecule has 1 aliphatic heterocycles. The Morgan fingerprint density at radius 1 is 1.29 bits per heavy atom. The summed E-state index contributed by atoms with van der Waals surface area (Å²) in [6.07, 6.45) is -0.869. The van der Waals surface area contributed by atoms with Crippen molar-refractivity contribution < 1.29 is 19.1 Å². The Bertz CT molecular complexity index is 316. The van der Waals surface area contributed by atoms with Crippen molar-refractivity contribution in [3.05, 3.63) is 0 Å². The summed E-state index contributed by atoms with van der Waals surface area (Å²) in [5.41, 5.74) is -1.12. The van der Waals surface area contributed by atoms with Crippen molar-refractivity contribution in [2.75, 3.05) is 20.1 Å². The highest BCUT2D eigenvalue weighted by Gasteiger charge is 2.46. The van der Waals surface area contributed by atoms with Gasteiger partial charge in [0.15, 0.2) is 0 Å². The third kappa shape index (κ3) is 3.80. The molecule has 1 aliphatic rings. The van der Waals surface area contributed by atoms with Crippen LogP contribution >= 0.6 is 0 Å². The van der Waals surface area contributed by atoms with Gasteiger partial charge in [0.25, 0.3) is 0 Å². The predicted octanol–water partition coefficient (Wildman–Crippen LogP) is 1.35. The smallest absolute Gasteiger partial charge is 0.410 e. The number of nitrogens with one attached hydrogen (secondary N) is 1. The number of carbonyl (C=O) groups is 2. The lowest BCUT2D eigenvalue weighted by Crippen LogP contribution is -2.64. The topological polar surface area (TPSA) is 67.9 Å². The largest absolute Gasteiger partial charge is 0.444 e. The first kappa shape index (κ1) is 13.6. The minimum Gasteiger partial charge on any atom is -0.444 e. The summed E-state index contributed by atoms with van der Waals surface area (Å²) in [5.74, 6) is 0. The van der Waals surface area contributed by atoms with E-state index in [-0.39, 0.29) is 6.09 Å². The maximum Gasteiger partial charge on any atom is 0.410 e. The van der Waals surface area contributed by atoms with Gasteiger partial charge in [0.05, 0.1) is 13.1 Å². The molecule has 17 heavy (non-hydrogen) atoms. The van der Waals surface area contributed by atoms with E-state index in [2.05, 4.69) is 5.32 Å². The van der Waals surface area contributed by atoms with Crippen LogP contribution in [0.5, 0.6) is 0 Å². The van der Waals surface area contributed by atoms with Crippen molar-refractivity contribution in [1.29, 1.82) is 0 Å². The molecule has 0 aromatic rings. The average molecular weight is 244 g/mol. The van der Waals surface area contributed by atoms with Gasteiger partial charge in [-0.15, -0.1) is 0 Å². The summed E-state index contributed by atoms with van der Waals surface area (Å²) in [4.78, 5) is 24.2. The molecule has 0 bridgehead atoms. The highest BCUT2D eigenvalue weighted by molar-refractivity contribution is 5.71. The second-order valence-corrected chi connectivity index (χ2v) is 5.43. The second-order valence-electron chi connectivity index (χ2n) is 5.43. The number of hydrogen-bond donors (Lipinski definition) is 1. The summed E-state index contributed by atoms with van der Waals surface area (Å²) >= 11 is 0. The van der Waals surface area contributed by atoms with Crippen LogP contribution in [-0.4, -0.2) is 48.4 Å². The van der Waals surface area contributed by atoms with Gasteiger partial charge < -0.3 is 19.7 Å². The van der Waals surface area contributed by atoms with Gasteiger partial charge in [-0.2, -0.15) is 0 Å². The normalized spacial score (nSPS) is 18.1. The van der Waals surface area contributed by atoms with E-state index in [9.17, 15) is 9.59 Å². The van der Waals surface area contributed by atoms with E-state index in [1.54, 1.807) is 6.92 Å². The van der Waals surface area contributed by atoms with E-state index in [0.717, 1.165) is 0 Å². The van der Waals surface area contributed by atoms with Crippen molar-refractivity contribution in [3.8, 4) is 0 Å². The van der Waals surface area contributed by atoms with Crippen molar-refractivity contribution >= 4 is 12.2 Å². The Hall–Kier alpha value is -1.46. The molecule has 98 valence electrons. The molecule has 1 rings (SSSR count). The lowest BCUT2D eigenvalue weighted by atomic mass is 9.97. The molecule has 0 radical (unpaired) electrons. The van der Waals surface area contributed by atoms with E-state index in [4.69, 9.17) is 9.47 Å². The Morgan fingerprint density at radius 3 is 2.24 bits per heavy atom. The molecular weight excluding hydrogens is 224 g/mol. The number of alkyl carbamates (subject to hydrolysis) is 1. The van der Waals surface area contributed by atoms with Gasteiger partial charge in [-0.1, -0.05) is 0 Å². The Morgan fingerprint density at radius 2 is 1.82 bits per heavy atom. The van der Waals surface area contributed by atoms with Gasteiger partial charge in [-0.05, 0) is 27.7 Å². The van der Waals surface area contributed by atoms with E-state index in [1.165, 1.54) is 11.9 Å². The zero-order valence-corrected chi connectivity index (χ0v) is 11.0. The summed E-state index contributed by atoms with van der Waals surface area (Å²) in [6.45, 7) is 7.93. The van der Waals surface area contributed by atoms with Gasteiger partial charge in [-0.3, -0.25) is 0 Å². The van der Waals surface area contributed by atoms with Crippen molar-refractivity contribution in [2.24, 2.45) is 0 Å². The summed E-state index contributed by atoms with van der Waals surface area (Å²) in [6, 6.07) is 0. The maximum absolute atomic E-state index is 11.6.